The number of esters is 2. The van der Waals surface area contributed by atoms with Crippen LogP contribution in [0.25, 0.3) is 0 Å². The molecule has 1 heterocycles. The van der Waals surface area contributed by atoms with Gasteiger partial charge in [0.25, 0.3) is 0 Å². The van der Waals surface area contributed by atoms with Crippen LogP contribution in [0.2, 0.25) is 0 Å². The van der Waals surface area contributed by atoms with Crippen molar-refractivity contribution in [3.63, 3.8) is 0 Å². The minimum atomic E-state index is -1.33. The van der Waals surface area contributed by atoms with E-state index in [4.69, 9.17) is 0 Å². The molecule has 0 saturated heterocycles. The van der Waals surface area contributed by atoms with Gasteiger partial charge >= 0.3 is 17.9 Å². The second-order valence-corrected chi connectivity index (χ2v) is 5.39. The summed E-state index contributed by atoms with van der Waals surface area (Å²) in [7, 11) is 0. The third-order valence-corrected chi connectivity index (χ3v) is 3.80. The lowest BCUT2D eigenvalue weighted by molar-refractivity contribution is 0.0442. The third-order valence-electron chi connectivity index (χ3n) is 3.80. The van der Waals surface area contributed by atoms with E-state index in [1.807, 2.05) is 0 Å². The van der Waals surface area contributed by atoms with Crippen LogP contribution < -0.4 is 0 Å². The van der Waals surface area contributed by atoms with Crippen LogP contribution in [0.1, 0.15) is 64.3 Å². The lowest BCUT2D eigenvalue weighted by Gasteiger charge is -2.07. The van der Waals surface area contributed by atoms with E-state index in [0.29, 0.717) is 0 Å². The van der Waals surface area contributed by atoms with E-state index in [-0.39, 0.29) is 33.4 Å². The van der Waals surface area contributed by atoms with E-state index in [2.05, 4.69) is 4.74 Å². The molecule has 1 aliphatic rings. The Morgan fingerprint density at radius 1 is 0.840 bits per heavy atom. The van der Waals surface area contributed by atoms with Crippen molar-refractivity contribution >= 4 is 29.5 Å². The van der Waals surface area contributed by atoms with E-state index in [9.17, 15) is 29.1 Å². The summed E-state index contributed by atoms with van der Waals surface area (Å²) in [6.07, 6.45) is 0. The number of hydrogen-bond donors (Lipinski definition) is 1. The van der Waals surface area contributed by atoms with Crippen LogP contribution in [0, 0.1) is 0 Å². The molecule has 1 aliphatic heterocycles. The number of carbonyl (C=O) groups excluding carboxylic acids is 4. The van der Waals surface area contributed by atoms with E-state index in [1.165, 1.54) is 37.3 Å². The quantitative estimate of drug-likeness (QED) is 0.516. The number of benzene rings is 2. The smallest absolute Gasteiger partial charge is 0.346 e. The van der Waals surface area contributed by atoms with Crippen molar-refractivity contribution in [1.82, 2.24) is 0 Å². The Hall–Kier alpha value is -3.61. The zero-order chi connectivity index (χ0) is 18.3. The monoisotopic (exact) mass is 338 g/mol. The topological polar surface area (TPSA) is 115 Å². The largest absolute Gasteiger partial charge is 0.478 e. The standard InChI is InChI=1S/C18H10O7/c1-8(19)11-4-2-9(6-13(11)16(21)22)15(20)10-3-5-12-14(7-10)18(24)25-17(12)23/h2-7H,1H3,(H,21,22). The van der Waals surface area contributed by atoms with Gasteiger partial charge in [0.1, 0.15) is 0 Å². The van der Waals surface area contributed by atoms with Crippen LogP contribution >= 0.6 is 0 Å². The number of carboxylic acid groups (broad SMARTS) is 1. The number of aromatic carboxylic acids is 1. The van der Waals surface area contributed by atoms with Crippen LogP contribution in [-0.2, 0) is 4.74 Å². The fourth-order valence-electron chi connectivity index (χ4n) is 2.56. The highest BCUT2D eigenvalue weighted by atomic mass is 16.6. The fraction of sp³-hybridized carbons (Fsp3) is 0.0556. The number of hydrogen-bond acceptors (Lipinski definition) is 6. The maximum Gasteiger partial charge on any atom is 0.346 e. The normalized spacial score (nSPS) is 12.5. The summed E-state index contributed by atoms with van der Waals surface area (Å²) >= 11 is 0. The molecule has 0 atom stereocenters. The van der Waals surface area contributed by atoms with Gasteiger partial charge in [0, 0.05) is 16.7 Å². The van der Waals surface area contributed by atoms with Crippen molar-refractivity contribution in [3.05, 3.63) is 69.8 Å². The molecule has 0 spiro atoms. The van der Waals surface area contributed by atoms with Crippen molar-refractivity contribution in [2.24, 2.45) is 0 Å². The second-order valence-electron chi connectivity index (χ2n) is 5.39. The Kier molecular flexibility index (Phi) is 3.76. The number of ether oxygens (including phenoxy) is 1. The van der Waals surface area contributed by atoms with Gasteiger partial charge < -0.3 is 9.84 Å². The van der Waals surface area contributed by atoms with Gasteiger partial charge in [-0.1, -0.05) is 12.1 Å². The van der Waals surface area contributed by atoms with Gasteiger partial charge in [0.15, 0.2) is 11.6 Å². The van der Waals surface area contributed by atoms with Gasteiger partial charge in [-0.25, -0.2) is 14.4 Å². The molecule has 2 aromatic carbocycles. The van der Waals surface area contributed by atoms with Gasteiger partial charge in [-0.05, 0) is 31.2 Å². The van der Waals surface area contributed by atoms with Crippen molar-refractivity contribution in [3.8, 4) is 0 Å². The highest BCUT2D eigenvalue weighted by molar-refractivity contribution is 6.17. The first kappa shape index (κ1) is 16.3. The minimum absolute atomic E-state index is 0.00724. The molecule has 3 rings (SSSR count). The number of cyclic esters (lactones) is 2. The fourth-order valence-corrected chi connectivity index (χ4v) is 2.56. The third kappa shape index (κ3) is 2.72. The summed E-state index contributed by atoms with van der Waals surface area (Å²) in [5.41, 5.74) is -0.104. The average Bonchev–Trinajstić information content (AvgIpc) is 2.87. The molecule has 0 amide bonds. The first-order valence-corrected chi connectivity index (χ1v) is 7.13. The highest BCUT2D eigenvalue weighted by Gasteiger charge is 2.30. The molecule has 0 radical (unpaired) electrons. The summed E-state index contributed by atoms with van der Waals surface area (Å²) in [6.45, 7) is 1.23. The van der Waals surface area contributed by atoms with E-state index in [1.54, 1.807) is 0 Å². The van der Waals surface area contributed by atoms with Crippen molar-refractivity contribution in [1.29, 1.82) is 0 Å². The molecular formula is C18H10O7. The predicted molar refractivity (Wildman–Crippen MR) is 83.0 cm³/mol. The van der Waals surface area contributed by atoms with Crippen LogP contribution in [0.15, 0.2) is 36.4 Å². The summed E-state index contributed by atoms with van der Waals surface area (Å²) in [5, 5.41) is 9.22. The Labute approximate surface area is 140 Å². The molecule has 7 heteroatoms. The predicted octanol–water partition coefficient (Wildman–Crippen LogP) is 2.13. The van der Waals surface area contributed by atoms with Crippen LogP contribution in [0.4, 0.5) is 0 Å². The molecule has 0 aliphatic carbocycles. The SMILES string of the molecule is CC(=O)c1ccc(C(=O)c2ccc3c(c2)C(=O)OC3=O)cc1C(=O)O. The maximum atomic E-state index is 12.6. The molecule has 7 nitrogen and oxygen atoms in total. The molecule has 1 N–H and O–H groups in total. The molecule has 124 valence electrons. The number of ketones is 2. The van der Waals surface area contributed by atoms with Gasteiger partial charge in [-0.15, -0.1) is 0 Å². The average molecular weight is 338 g/mol. The summed E-state index contributed by atoms with van der Waals surface area (Å²) < 4.78 is 4.46. The first-order chi connectivity index (χ1) is 11.8. The van der Waals surface area contributed by atoms with Crippen molar-refractivity contribution < 1.29 is 33.8 Å². The van der Waals surface area contributed by atoms with Crippen LogP contribution in [0.3, 0.4) is 0 Å². The number of Topliss-reactive ketones (excluding diaryl/α,β-unsaturated/α-hetero) is 1. The Morgan fingerprint density at radius 3 is 2.08 bits per heavy atom. The summed E-state index contributed by atoms with van der Waals surface area (Å²) in [5.74, 6) is -3.93. The zero-order valence-corrected chi connectivity index (χ0v) is 12.9. The van der Waals surface area contributed by atoms with Gasteiger partial charge in [-0.2, -0.15) is 0 Å². The summed E-state index contributed by atoms with van der Waals surface area (Å²) in [4.78, 5) is 58.4. The molecule has 0 saturated carbocycles. The van der Waals surface area contributed by atoms with Crippen molar-refractivity contribution in [2.45, 2.75) is 6.92 Å². The number of carboxylic acids is 1. The summed E-state index contributed by atoms with van der Waals surface area (Å²) in [6, 6.07) is 7.59. The molecule has 25 heavy (non-hydrogen) atoms. The molecule has 2 aromatic rings. The van der Waals surface area contributed by atoms with E-state index < -0.39 is 29.5 Å². The van der Waals surface area contributed by atoms with Gasteiger partial charge in [0.05, 0.1) is 16.7 Å². The maximum absolute atomic E-state index is 12.6. The van der Waals surface area contributed by atoms with E-state index in [0.717, 1.165) is 6.07 Å². The van der Waals surface area contributed by atoms with E-state index >= 15 is 0 Å². The lowest BCUT2D eigenvalue weighted by Crippen LogP contribution is -2.10. The minimum Gasteiger partial charge on any atom is -0.478 e. The van der Waals surface area contributed by atoms with Crippen LogP contribution in [0.5, 0.6) is 0 Å². The molecule has 0 fully saturated rings. The molecular weight excluding hydrogens is 328 g/mol. The van der Waals surface area contributed by atoms with Crippen LogP contribution in [-0.4, -0.2) is 34.6 Å². The molecule has 0 bridgehead atoms. The Morgan fingerprint density at radius 2 is 1.44 bits per heavy atom. The number of rotatable bonds is 4. The number of fused-ring (bicyclic) bond motifs is 1. The van der Waals surface area contributed by atoms with Gasteiger partial charge in [0.2, 0.25) is 0 Å². The zero-order valence-electron chi connectivity index (χ0n) is 12.9. The highest BCUT2D eigenvalue weighted by Crippen LogP contribution is 2.23. The molecule has 0 unspecified atom stereocenters. The number of carbonyl (C=O) groups is 5. The van der Waals surface area contributed by atoms with Crippen molar-refractivity contribution in [2.75, 3.05) is 0 Å². The second kappa shape index (κ2) is 5.79. The Balaban J connectivity index is 2.05. The lowest BCUT2D eigenvalue weighted by atomic mass is 9.95. The first-order valence-electron chi connectivity index (χ1n) is 7.13. The van der Waals surface area contributed by atoms with Gasteiger partial charge in [-0.3, -0.25) is 9.59 Å². The Bertz CT molecular complexity index is 985. The molecule has 0 aromatic heterocycles.